The Morgan fingerprint density at radius 3 is 2.29 bits per heavy atom. The summed E-state index contributed by atoms with van der Waals surface area (Å²) in [7, 11) is 0. The van der Waals surface area contributed by atoms with Crippen molar-refractivity contribution >= 4 is 35.4 Å². The summed E-state index contributed by atoms with van der Waals surface area (Å²) in [6.45, 7) is 4.01. The number of halogens is 1. The van der Waals surface area contributed by atoms with Gasteiger partial charge in [-0.05, 0) is 25.0 Å². The van der Waals surface area contributed by atoms with Crippen LogP contribution in [0.3, 0.4) is 0 Å². The summed E-state index contributed by atoms with van der Waals surface area (Å²) in [5.74, 6) is -2.52. The first-order valence-corrected chi connectivity index (χ1v) is 8.94. The van der Waals surface area contributed by atoms with E-state index in [0.717, 1.165) is 17.4 Å². The van der Waals surface area contributed by atoms with Crippen molar-refractivity contribution in [3.63, 3.8) is 0 Å². The number of esters is 2. The van der Waals surface area contributed by atoms with Crippen molar-refractivity contribution < 1.29 is 28.7 Å². The highest BCUT2D eigenvalue weighted by Gasteiger charge is 2.51. The molecule has 1 aromatic rings. The molecule has 1 saturated heterocycles. The van der Waals surface area contributed by atoms with Crippen LogP contribution < -0.4 is 5.32 Å². The minimum Gasteiger partial charge on any atom is -0.456 e. The van der Waals surface area contributed by atoms with E-state index in [0.29, 0.717) is 5.57 Å². The minimum atomic E-state index is -1.03. The average Bonchev–Trinajstić information content (AvgIpc) is 2.66. The van der Waals surface area contributed by atoms with Crippen LogP contribution in [-0.4, -0.2) is 46.8 Å². The third-order valence-electron chi connectivity index (χ3n) is 3.87. The van der Waals surface area contributed by atoms with E-state index in [1.807, 2.05) is 30.3 Å². The largest absolute Gasteiger partial charge is 0.456 e. The first-order valence-electron chi connectivity index (χ1n) is 8.50. The standard InChI is InChI=1S/C19H21ClN2O6/c1-11(2)16(19(26)28-9-13-7-5-4-6-8-13)22-17(20)15(18(22)25)21-14(24)10-27-12(3)23/h4-8,15,17H,9-10H2,1-3H3,(H,21,24). The zero-order valence-corrected chi connectivity index (χ0v) is 16.5. The lowest BCUT2D eigenvalue weighted by atomic mass is 10.0. The maximum absolute atomic E-state index is 12.5. The summed E-state index contributed by atoms with van der Waals surface area (Å²) >= 11 is 6.22. The molecule has 1 aromatic carbocycles. The fourth-order valence-electron chi connectivity index (χ4n) is 2.54. The highest BCUT2D eigenvalue weighted by Crippen LogP contribution is 2.30. The predicted octanol–water partition coefficient (Wildman–Crippen LogP) is 1.48. The van der Waals surface area contributed by atoms with E-state index >= 15 is 0 Å². The highest BCUT2D eigenvalue weighted by molar-refractivity contribution is 6.27. The van der Waals surface area contributed by atoms with Gasteiger partial charge in [0.2, 0.25) is 0 Å². The van der Waals surface area contributed by atoms with Gasteiger partial charge in [0.25, 0.3) is 11.8 Å². The molecule has 2 unspecified atom stereocenters. The van der Waals surface area contributed by atoms with Crippen LogP contribution in [-0.2, 0) is 35.3 Å². The number of rotatable bonds is 7. The quantitative estimate of drug-likeness (QED) is 0.241. The van der Waals surface area contributed by atoms with Gasteiger partial charge in [0.05, 0.1) is 0 Å². The first kappa shape index (κ1) is 21.4. The van der Waals surface area contributed by atoms with Crippen molar-refractivity contribution in [1.82, 2.24) is 10.2 Å². The van der Waals surface area contributed by atoms with Gasteiger partial charge in [-0.25, -0.2) is 4.79 Å². The molecule has 0 aromatic heterocycles. The van der Waals surface area contributed by atoms with Crippen molar-refractivity contribution in [3.05, 3.63) is 47.2 Å². The molecule has 0 bridgehead atoms. The smallest absolute Gasteiger partial charge is 0.355 e. The van der Waals surface area contributed by atoms with Crippen LogP contribution >= 0.6 is 11.6 Å². The van der Waals surface area contributed by atoms with Gasteiger partial charge in [-0.1, -0.05) is 41.9 Å². The Morgan fingerprint density at radius 2 is 1.75 bits per heavy atom. The summed E-state index contributed by atoms with van der Waals surface area (Å²) in [5, 5.41) is 2.38. The number of carbonyl (C=O) groups is 4. The number of nitrogens with one attached hydrogen (secondary N) is 1. The molecule has 0 aliphatic carbocycles. The minimum absolute atomic E-state index is 0.0337. The van der Waals surface area contributed by atoms with Gasteiger partial charge in [-0.2, -0.15) is 0 Å². The monoisotopic (exact) mass is 408 g/mol. The Kier molecular flexibility index (Phi) is 7.17. The third-order valence-corrected chi connectivity index (χ3v) is 4.32. The van der Waals surface area contributed by atoms with Gasteiger partial charge in [-0.3, -0.25) is 19.3 Å². The lowest BCUT2D eigenvalue weighted by molar-refractivity contribution is -0.155. The molecular weight excluding hydrogens is 388 g/mol. The molecule has 0 radical (unpaired) electrons. The Bertz CT molecular complexity index is 804. The Hall–Kier alpha value is -2.87. The third kappa shape index (κ3) is 5.10. The van der Waals surface area contributed by atoms with Gasteiger partial charge < -0.3 is 14.8 Å². The topological polar surface area (TPSA) is 102 Å². The van der Waals surface area contributed by atoms with E-state index in [4.69, 9.17) is 16.3 Å². The van der Waals surface area contributed by atoms with Crippen LogP contribution in [0.15, 0.2) is 41.6 Å². The van der Waals surface area contributed by atoms with Crippen molar-refractivity contribution in [1.29, 1.82) is 0 Å². The summed E-state index contributed by atoms with van der Waals surface area (Å²) in [5.41, 5.74) is 0.410. The number of ether oxygens (including phenoxy) is 2. The molecule has 0 spiro atoms. The molecule has 1 N–H and O–H groups in total. The zero-order chi connectivity index (χ0) is 20.8. The average molecular weight is 409 g/mol. The fourth-order valence-corrected chi connectivity index (χ4v) is 2.90. The van der Waals surface area contributed by atoms with Crippen LogP contribution in [0.5, 0.6) is 0 Å². The number of nitrogens with zero attached hydrogens (tertiary/aromatic N) is 1. The van der Waals surface area contributed by atoms with E-state index < -0.39 is 41.9 Å². The first-order chi connectivity index (χ1) is 13.2. The molecule has 8 nitrogen and oxygen atoms in total. The second kappa shape index (κ2) is 9.36. The van der Waals surface area contributed by atoms with Crippen molar-refractivity contribution in [2.45, 2.75) is 38.9 Å². The number of β-lactam (4-membered cyclic amide) rings is 1. The van der Waals surface area contributed by atoms with E-state index in [1.54, 1.807) is 13.8 Å². The summed E-state index contributed by atoms with van der Waals surface area (Å²) in [6, 6.07) is 8.08. The van der Waals surface area contributed by atoms with Gasteiger partial charge in [0, 0.05) is 6.92 Å². The van der Waals surface area contributed by atoms with Gasteiger partial charge in [-0.15, -0.1) is 0 Å². The van der Waals surface area contributed by atoms with Crippen LogP contribution in [0.1, 0.15) is 26.3 Å². The number of hydrogen-bond donors (Lipinski definition) is 1. The molecular formula is C19H21ClN2O6. The summed E-state index contributed by atoms with van der Waals surface area (Å²) < 4.78 is 9.86. The number of amides is 2. The molecule has 2 rings (SSSR count). The van der Waals surface area contributed by atoms with Gasteiger partial charge in [0.15, 0.2) is 6.61 Å². The second-order valence-corrected chi connectivity index (χ2v) is 6.76. The molecule has 2 atom stereocenters. The Morgan fingerprint density at radius 1 is 1.11 bits per heavy atom. The number of allylic oxidation sites excluding steroid dienone is 1. The summed E-state index contributed by atoms with van der Waals surface area (Å²) in [4.78, 5) is 48.5. The lowest BCUT2D eigenvalue weighted by Gasteiger charge is -2.44. The number of alkyl halides is 1. The van der Waals surface area contributed by atoms with E-state index in [9.17, 15) is 19.2 Å². The van der Waals surface area contributed by atoms with E-state index in [2.05, 4.69) is 10.1 Å². The highest BCUT2D eigenvalue weighted by atomic mass is 35.5. The second-order valence-electron chi connectivity index (χ2n) is 6.32. The maximum Gasteiger partial charge on any atom is 0.355 e. The number of carbonyl (C=O) groups excluding carboxylic acids is 4. The molecule has 1 fully saturated rings. The van der Waals surface area contributed by atoms with Gasteiger partial charge >= 0.3 is 11.9 Å². The number of benzene rings is 1. The normalized spacial score (nSPS) is 18.0. The predicted molar refractivity (Wildman–Crippen MR) is 99.7 cm³/mol. The Labute approximate surface area is 167 Å². The van der Waals surface area contributed by atoms with E-state index in [1.165, 1.54) is 0 Å². The molecule has 2 amide bonds. The lowest BCUT2D eigenvalue weighted by Crippen LogP contribution is -2.69. The van der Waals surface area contributed by atoms with Crippen LogP contribution in [0.25, 0.3) is 0 Å². The molecule has 1 heterocycles. The fraction of sp³-hybridized carbons (Fsp3) is 0.368. The molecule has 1 aliphatic rings. The van der Waals surface area contributed by atoms with Gasteiger partial charge in [0.1, 0.15) is 23.8 Å². The maximum atomic E-state index is 12.5. The van der Waals surface area contributed by atoms with Crippen molar-refractivity contribution in [2.75, 3.05) is 6.61 Å². The van der Waals surface area contributed by atoms with Crippen LogP contribution in [0.4, 0.5) is 0 Å². The number of hydrogen-bond acceptors (Lipinski definition) is 6. The molecule has 0 saturated carbocycles. The van der Waals surface area contributed by atoms with Crippen LogP contribution in [0, 0.1) is 0 Å². The molecule has 28 heavy (non-hydrogen) atoms. The molecule has 9 heteroatoms. The molecule has 1 aliphatic heterocycles. The summed E-state index contributed by atoms with van der Waals surface area (Å²) in [6.07, 6.45) is 0. The Balaban J connectivity index is 2.00. The molecule has 150 valence electrons. The van der Waals surface area contributed by atoms with Crippen LogP contribution in [0.2, 0.25) is 0 Å². The zero-order valence-electron chi connectivity index (χ0n) is 15.7. The van der Waals surface area contributed by atoms with Crippen molar-refractivity contribution in [2.24, 2.45) is 0 Å². The number of likely N-dealkylation sites (tertiary alicyclic amines) is 1. The van der Waals surface area contributed by atoms with E-state index in [-0.39, 0.29) is 12.3 Å². The SMILES string of the molecule is CC(=O)OCC(=O)NC1C(=O)N(C(C(=O)OCc2ccccc2)=C(C)C)C1Cl. The van der Waals surface area contributed by atoms with Crippen molar-refractivity contribution in [3.8, 4) is 0 Å².